The number of ether oxygens (including phenoxy) is 1. The second kappa shape index (κ2) is 6.73. The molecule has 1 aliphatic carbocycles. The van der Waals surface area contributed by atoms with Gasteiger partial charge < -0.3 is 20.7 Å². The average Bonchev–Trinajstić information content (AvgIpc) is 3.21. The van der Waals surface area contributed by atoms with Crippen LogP contribution in [0.15, 0.2) is 24.3 Å². The maximum atomic E-state index is 12.5. The number of hydrogen-bond acceptors (Lipinski definition) is 3. The summed E-state index contributed by atoms with van der Waals surface area (Å²) in [7, 11) is 0. The van der Waals surface area contributed by atoms with Crippen molar-refractivity contribution in [2.75, 3.05) is 26.3 Å². The molecule has 1 aromatic rings. The first kappa shape index (κ1) is 15.9. The van der Waals surface area contributed by atoms with Crippen molar-refractivity contribution in [1.82, 2.24) is 16.0 Å². The Balaban J connectivity index is 1.46. The van der Waals surface area contributed by atoms with Crippen LogP contribution < -0.4 is 16.0 Å². The highest BCUT2D eigenvalue weighted by Gasteiger charge is 2.47. The van der Waals surface area contributed by atoms with Crippen LogP contribution in [-0.4, -0.2) is 38.4 Å². The Labute approximate surface area is 143 Å². The molecule has 2 fully saturated rings. The average molecular weight is 329 g/mol. The Morgan fingerprint density at radius 2 is 2.12 bits per heavy atom. The van der Waals surface area contributed by atoms with Gasteiger partial charge in [0, 0.05) is 31.2 Å². The van der Waals surface area contributed by atoms with E-state index in [0.29, 0.717) is 12.6 Å². The second-order valence-electron chi connectivity index (χ2n) is 7.43. The van der Waals surface area contributed by atoms with E-state index >= 15 is 0 Å². The van der Waals surface area contributed by atoms with Crippen molar-refractivity contribution in [3.05, 3.63) is 35.4 Å². The van der Waals surface area contributed by atoms with Crippen molar-refractivity contribution < 1.29 is 9.53 Å². The van der Waals surface area contributed by atoms with Crippen LogP contribution in [0.25, 0.3) is 0 Å². The molecule has 24 heavy (non-hydrogen) atoms. The summed E-state index contributed by atoms with van der Waals surface area (Å²) in [5.74, 6) is 0. The highest BCUT2D eigenvalue weighted by atomic mass is 16.5. The quantitative estimate of drug-likeness (QED) is 0.796. The topological polar surface area (TPSA) is 62.4 Å². The number of nitrogens with one attached hydrogen (secondary N) is 3. The lowest BCUT2D eigenvalue weighted by atomic mass is 9.74. The molecule has 2 unspecified atom stereocenters. The molecule has 2 atom stereocenters. The minimum absolute atomic E-state index is 0.0451. The molecule has 4 rings (SSSR count). The van der Waals surface area contributed by atoms with Crippen LogP contribution in [0.3, 0.4) is 0 Å². The van der Waals surface area contributed by atoms with Crippen LogP contribution in [0.1, 0.15) is 42.9 Å². The van der Waals surface area contributed by atoms with Gasteiger partial charge in [-0.2, -0.15) is 0 Å². The van der Waals surface area contributed by atoms with E-state index in [-0.39, 0.29) is 17.5 Å². The number of benzene rings is 1. The third-order valence-electron chi connectivity index (χ3n) is 5.96. The van der Waals surface area contributed by atoms with E-state index in [1.807, 2.05) is 0 Å². The molecule has 2 aliphatic heterocycles. The second-order valence-corrected chi connectivity index (χ2v) is 7.43. The molecule has 2 amide bonds. The highest BCUT2D eigenvalue weighted by Crippen LogP contribution is 2.51. The molecule has 2 saturated heterocycles. The first-order chi connectivity index (χ1) is 11.8. The highest BCUT2D eigenvalue weighted by molar-refractivity contribution is 5.75. The molecule has 3 N–H and O–H groups in total. The van der Waals surface area contributed by atoms with Crippen LogP contribution in [-0.2, 0) is 11.2 Å². The van der Waals surface area contributed by atoms with Gasteiger partial charge in [-0.1, -0.05) is 24.3 Å². The van der Waals surface area contributed by atoms with Crippen molar-refractivity contribution in [2.24, 2.45) is 5.41 Å². The van der Waals surface area contributed by atoms with E-state index in [1.54, 1.807) is 0 Å². The van der Waals surface area contributed by atoms with Crippen LogP contribution in [0.4, 0.5) is 4.79 Å². The zero-order chi connectivity index (χ0) is 16.4. The molecule has 1 aromatic carbocycles. The summed E-state index contributed by atoms with van der Waals surface area (Å²) in [5.41, 5.74) is 2.78. The summed E-state index contributed by atoms with van der Waals surface area (Å²) >= 11 is 0. The van der Waals surface area contributed by atoms with Gasteiger partial charge in [-0.3, -0.25) is 0 Å². The first-order valence-corrected chi connectivity index (χ1v) is 9.20. The number of carbonyl (C=O) groups excluding carboxylic acids is 1. The summed E-state index contributed by atoms with van der Waals surface area (Å²) < 4.78 is 5.59. The van der Waals surface area contributed by atoms with Gasteiger partial charge in [-0.25, -0.2) is 4.79 Å². The summed E-state index contributed by atoms with van der Waals surface area (Å²) in [6, 6.07) is 9.01. The molecule has 5 nitrogen and oxygen atoms in total. The molecular formula is C19H27N3O2. The minimum Gasteiger partial charge on any atom is -0.381 e. The third kappa shape index (κ3) is 3.03. The van der Waals surface area contributed by atoms with E-state index in [1.165, 1.54) is 17.5 Å². The number of rotatable bonds is 3. The van der Waals surface area contributed by atoms with Crippen LogP contribution in [0.2, 0.25) is 0 Å². The van der Waals surface area contributed by atoms with Crippen molar-refractivity contribution in [1.29, 1.82) is 0 Å². The lowest BCUT2D eigenvalue weighted by Gasteiger charge is -2.39. The molecular weight excluding hydrogens is 302 g/mol. The van der Waals surface area contributed by atoms with Gasteiger partial charge in [0.2, 0.25) is 0 Å². The Hall–Kier alpha value is -1.59. The van der Waals surface area contributed by atoms with Crippen molar-refractivity contribution in [2.45, 2.75) is 44.2 Å². The van der Waals surface area contributed by atoms with Gasteiger partial charge in [-0.15, -0.1) is 0 Å². The number of carbonyl (C=O) groups is 1. The molecule has 1 spiro atoms. The van der Waals surface area contributed by atoms with Gasteiger partial charge in [0.05, 0.1) is 6.04 Å². The lowest BCUT2D eigenvalue weighted by Crippen LogP contribution is -2.48. The van der Waals surface area contributed by atoms with E-state index in [2.05, 4.69) is 40.2 Å². The largest absolute Gasteiger partial charge is 0.381 e. The molecule has 2 heterocycles. The zero-order valence-corrected chi connectivity index (χ0v) is 14.1. The molecule has 3 aliphatic rings. The SMILES string of the molecule is O=C(NCC1CCCN1)NC1c2ccccc2CC12CCOCC2. The van der Waals surface area contributed by atoms with E-state index in [0.717, 1.165) is 45.4 Å². The fourth-order valence-electron chi connectivity index (χ4n) is 4.59. The normalized spacial score (nSPS) is 27.8. The molecule has 0 radical (unpaired) electrons. The van der Waals surface area contributed by atoms with E-state index in [4.69, 9.17) is 4.74 Å². The van der Waals surface area contributed by atoms with Crippen LogP contribution in [0.5, 0.6) is 0 Å². The smallest absolute Gasteiger partial charge is 0.315 e. The molecule has 0 aromatic heterocycles. The number of fused-ring (bicyclic) bond motifs is 1. The minimum atomic E-state index is -0.0451. The summed E-state index contributed by atoms with van der Waals surface area (Å²) in [6.07, 6.45) is 5.41. The van der Waals surface area contributed by atoms with Crippen molar-refractivity contribution in [3.63, 3.8) is 0 Å². The molecule has 0 saturated carbocycles. The number of amides is 2. The Kier molecular flexibility index (Phi) is 4.46. The first-order valence-electron chi connectivity index (χ1n) is 9.20. The molecule has 5 heteroatoms. The standard InChI is InChI=1S/C19H27N3O2/c23-18(21-13-15-5-3-9-20-15)22-17-16-6-2-1-4-14(16)12-19(17)7-10-24-11-8-19/h1-2,4,6,15,17,20H,3,5,7-13H2,(H2,21,22,23). The van der Waals surface area contributed by atoms with E-state index in [9.17, 15) is 4.79 Å². The van der Waals surface area contributed by atoms with Crippen molar-refractivity contribution in [3.8, 4) is 0 Å². The van der Waals surface area contributed by atoms with Gasteiger partial charge >= 0.3 is 6.03 Å². The van der Waals surface area contributed by atoms with E-state index < -0.39 is 0 Å². The lowest BCUT2D eigenvalue weighted by molar-refractivity contribution is 0.00214. The Morgan fingerprint density at radius 3 is 2.92 bits per heavy atom. The molecule has 0 bridgehead atoms. The monoisotopic (exact) mass is 329 g/mol. The summed E-state index contributed by atoms with van der Waals surface area (Å²) in [4.78, 5) is 12.5. The predicted molar refractivity (Wildman–Crippen MR) is 92.9 cm³/mol. The number of hydrogen-bond donors (Lipinski definition) is 3. The fraction of sp³-hybridized carbons (Fsp3) is 0.632. The van der Waals surface area contributed by atoms with Crippen molar-refractivity contribution >= 4 is 6.03 Å². The van der Waals surface area contributed by atoms with Gasteiger partial charge in [0.15, 0.2) is 0 Å². The maximum Gasteiger partial charge on any atom is 0.315 e. The Bertz CT molecular complexity index is 592. The van der Waals surface area contributed by atoms with Gasteiger partial charge in [-0.05, 0) is 49.8 Å². The number of urea groups is 1. The zero-order valence-electron chi connectivity index (χ0n) is 14.1. The van der Waals surface area contributed by atoms with Gasteiger partial charge in [0.1, 0.15) is 0 Å². The Morgan fingerprint density at radius 1 is 1.29 bits per heavy atom. The predicted octanol–water partition coefficient (Wildman–Crippen LogP) is 2.13. The fourth-order valence-corrected chi connectivity index (χ4v) is 4.59. The maximum absolute atomic E-state index is 12.5. The van der Waals surface area contributed by atoms with Crippen LogP contribution >= 0.6 is 0 Å². The molecule has 130 valence electrons. The van der Waals surface area contributed by atoms with Crippen LogP contribution in [0, 0.1) is 5.41 Å². The van der Waals surface area contributed by atoms with Gasteiger partial charge in [0.25, 0.3) is 0 Å². The third-order valence-corrected chi connectivity index (χ3v) is 5.96. The summed E-state index contributed by atoms with van der Waals surface area (Å²) in [5, 5.41) is 9.77. The summed E-state index contributed by atoms with van der Waals surface area (Å²) in [6.45, 7) is 3.35.